The standard InChI is InChI=1S/C14H19Cl3N2S/c1-10(11-2-3-12(15)14(17)13(11)16)18-4-5-19-6-8-20-9-7-19/h2-3,10,18H,4-9H2,1H3. The van der Waals surface area contributed by atoms with Gasteiger partial charge in [-0.25, -0.2) is 0 Å². The van der Waals surface area contributed by atoms with E-state index in [4.69, 9.17) is 34.8 Å². The summed E-state index contributed by atoms with van der Waals surface area (Å²) in [4.78, 5) is 2.49. The van der Waals surface area contributed by atoms with Crippen molar-refractivity contribution in [3.63, 3.8) is 0 Å². The molecule has 1 unspecified atom stereocenters. The predicted molar refractivity (Wildman–Crippen MR) is 91.7 cm³/mol. The molecule has 0 amide bonds. The Bertz CT molecular complexity index is 450. The number of thioether (sulfide) groups is 1. The first-order valence-corrected chi connectivity index (χ1v) is 9.05. The van der Waals surface area contributed by atoms with Crippen LogP contribution in [-0.2, 0) is 0 Å². The summed E-state index contributed by atoms with van der Waals surface area (Å²) >= 11 is 20.3. The highest BCUT2D eigenvalue weighted by Crippen LogP contribution is 2.35. The van der Waals surface area contributed by atoms with Crippen molar-refractivity contribution in [1.29, 1.82) is 0 Å². The molecule has 0 aliphatic carbocycles. The lowest BCUT2D eigenvalue weighted by atomic mass is 10.1. The van der Waals surface area contributed by atoms with Crippen LogP contribution in [0.15, 0.2) is 12.1 Å². The number of benzene rings is 1. The first kappa shape index (κ1) is 16.7. The van der Waals surface area contributed by atoms with Gasteiger partial charge in [0.1, 0.15) is 0 Å². The van der Waals surface area contributed by atoms with Gasteiger partial charge in [0.2, 0.25) is 0 Å². The first-order valence-electron chi connectivity index (χ1n) is 6.76. The minimum Gasteiger partial charge on any atom is -0.309 e. The van der Waals surface area contributed by atoms with E-state index >= 15 is 0 Å². The van der Waals surface area contributed by atoms with E-state index < -0.39 is 0 Å². The van der Waals surface area contributed by atoms with Gasteiger partial charge < -0.3 is 10.2 Å². The van der Waals surface area contributed by atoms with Gasteiger partial charge in [-0.1, -0.05) is 40.9 Å². The fourth-order valence-corrected chi connectivity index (χ4v) is 3.93. The predicted octanol–water partition coefficient (Wildman–Crippen LogP) is 4.35. The lowest BCUT2D eigenvalue weighted by Gasteiger charge is -2.27. The van der Waals surface area contributed by atoms with Crippen molar-refractivity contribution in [2.45, 2.75) is 13.0 Å². The molecule has 2 nitrogen and oxygen atoms in total. The molecule has 6 heteroatoms. The molecule has 2 rings (SSSR count). The molecule has 0 aromatic heterocycles. The summed E-state index contributed by atoms with van der Waals surface area (Å²) in [6, 6.07) is 3.90. The van der Waals surface area contributed by atoms with Gasteiger partial charge in [0.05, 0.1) is 15.1 Å². The van der Waals surface area contributed by atoms with Gasteiger partial charge in [-0.3, -0.25) is 0 Å². The van der Waals surface area contributed by atoms with Crippen LogP contribution in [-0.4, -0.2) is 42.6 Å². The van der Waals surface area contributed by atoms with E-state index in [-0.39, 0.29) is 6.04 Å². The Morgan fingerprint density at radius 3 is 2.60 bits per heavy atom. The average molecular weight is 354 g/mol. The van der Waals surface area contributed by atoms with Gasteiger partial charge in [-0.15, -0.1) is 0 Å². The third kappa shape index (κ3) is 4.43. The first-order chi connectivity index (χ1) is 9.59. The molecule has 0 spiro atoms. The Kier molecular flexibility index (Phi) is 6.79. The van der Waals surface area contributed by atoms with Crippen LogP contribution in [0.3, 0.4) is 0 Å². The van der Waals surface area contributed by atoms with E-state index in [9.17, 15) is 0 Å². The Morgan fingerprint density at radius 2 is 1.90 bits per heavy atom. The van der Waals surface area contributed by atoms with E-state index in [1.165, 1.54) is 24.6 Å². The zero-order valence-electron chi connectivity index (χ0n) is 11.5. The van der Waals surface area contributed by atoms with Crippen molar-refractivity contribution in [3.05, 3.63) is 32.8 Å². The van der Waals surface area contributed by atoms with Gasteiger partial charge in [-0.2, -0.15) is 11.8 Å². The number of nitrogens with zero attached hydrogens (tertiary/aromatic N) is 1. The van der Waals surface area contributed by atoms with Crippen LogP contribution in [0, 0.1) is 0 Å². The van der Waals surface area contributed by atoms with Gasteiger partial charge >= 0.3 is 0 Å². The Morgan fingerprint density at radius 1 is 1.20 bits per heavy atom. The van der Waals surface area contributed by atoms with Crippen molar-refractivity contribution < 1.29 is 0 Å². The SMILES string of the molecule is CC(NCCN1CCSCC1)c1ccc(Cl)c(Cl)c1Cl. The van der Waals surface area contributed by atoms with Crippen molar-refractivity contribution >= 4 is 46.6 Å². The second-order valence-corrected chi connectivity index (χ2v) is 7.28. The number of hydrogen-bond donors (Lipinski definition) is 1. The highest BCUT2D eigenvalue weighted by atomic mass is 35.5. The fraction of sp³-hybridized carbons (Fsp3) is 0.571. The number of halogens is 3. The molecule has 1 fully saturated rings. The van der Waals surface area contributed by atoms with E-state index in [0.29, 0.717) is 15.1 Å². The maximum absolute atomic E-state index is 6.25. The molecular formula is C14H19Cl3N2S. The maximum Gasteiger partial charge on any atom is 0.0781 e. The van der Waals surface area contributed by atoms with Crippen LogP contribution in [0.4, 0.5) is 0 Å². The number of rotatable bonds is 5. The molecule has 1 aromatic carbocycles. The lowest BCUT2D eigenvalue weighted by molar-refractivity contribution is 0.297. The van der Waals surface area contributed by atoms with E-state index in [2.05, 4.69) is 17.1 Å². The summed E-state index contributed by atoms with van der Waals surface area (Å²) in [6.07, 6.45) is 0. The quantitative estimate of drug-likeness (QED) is 0.792. The molecule has 1 atom stereocenters. The highest BCUT2D eigenvalue weighted by molar-refractivity contribution is 7.99. The molecule has 112 valence electrons. The molecule has 1 heterocycles. The number of nitrogens with one attached hydrogen (secondary N) is 1. The Hall–Kier alpha value is 0.360. The summed E-state index contributed by atoms with van der Waals surface area (Å²) < 4.78 is 0. The molecule has 1 saturated heterocycles. The Labute approximate surface area is 140 Å². The fourth-order valence-electron chi connectivity index (χ4n) is 2.25. The zero-order valence-corrected chi connectivity index (χ0v) is 14.5. The summed E-state index contributed by atoms with van der Waals surface area (Å²) in [5, 5.41) is 4.98. The second kappa shape index (κ2) is 8.11. The van der Waals surface area contributed by atoms with Gasteiger partial charge in [0.15, 0.2) is 0 Å². The summed E-state index contributed by atoms with van der Waals surface area (Å²) in [7, 11) is 0. The van der Waals surface area contributed by atoms with E-state index in [1.54, 1.807) is 6.07 Å². The highest BCUT2D eigenvalue weighted by Gasteiger charge is 2.15. The van der Waals surface area contributed by atoms with E-state index in [1.807, 2.05) is 17.8 Å². The molecule has 1 aromatic rings. The molecule has 1 N–H and O–H groups in total. The van der Waals surface area contributed by atoms with Crippen molar-refractivity contribution in [3.8, 4) is 0 Å². The Balaban J connectivity index is 1.85. The van der Waals surface area contributed by atoms with Crippen molar-refractivity contribution in [1.82, 2.24) is 10.2 Å². The molecular weight excluding hydrogens is 335 g/mol. The van der Waals surface area contributed by atoms with Crippen molar-refractivity contribution in [2.24, 2.45) is 0 Å². The molecule has 0 bridgehead atoms. The van der Waals surface area contributed by atoms with Crippen molar-refractivity contribution in [2.75, 3.05) is 37.7 Å². The van der Waals surface area contributed by atoms with Crippen LogP contribution in [0.2, 0.25) is 15.1 Å². The third-order valence-electron chi connectivity index (χ3n) is 3.51. The van der Waals surface area contributed by atoms with Gasteiger partial charge in [0, 0.05) is 43.7 Å². The van der Waals surface area contributed by atoms with Gasteiger partial charge in [-0.05, 0) is 18.6 Å². The minimum atomic E-state index is 0.163. The molecule has 0 radical (unpaired) electrons. The average Bonchev–Trinajstić information content (AvgIpc) is 2.46. The topological polar surface area (TPSA) is 15.3 Å². The molecule has 0 saturated carbocycles. The van der Waals surface area contributed by atoms with E-state index in [0.717, 1.165) is 18.7 Å². The maximum atomic E-state index is 6.25. The summed E-state index contributed by atoms with van der Waals surface area (Å²) in [5.41, 5.74) is 0.996. The summed E-state index contributed by atoms with van der Waals surface area (Å²) in [6.45, 7) is 6.49. The molecule has 1 aliphatic rings. The summed E-state index contributed by atoms with van der Waals surface area (Å²) in [5.74, 6) is 2.49. The van der Waals surface area contributed by atoms with Gasteiger partial charge in [0.25, 0.3) is 0 Å². The third-order valence-corrected chi connectivity index (χ3v) is 5.76. The van der Waals surface area contributed by atoms with Crippen LogP contribution >= 0.6 is 46.6 Å². The zero-order chi connectivity index (χ0) is 14.5. The van der Waals surface area contributed by atoms with Crippen LogP contribution in [0.25, 0.3) is 0 Å². The molecule has 20 heavy (non-hydrogen) atoms. The van der Waals surface area contributed by atoms with Crippen LogP contribution in [0.5, 0.6) is 0 Å². The second-order valence-electron chi connectivity index (χ2n) is 4.89. The largest absolute Gasteiger partial charge is 0.309 e. The normalized spacial score (nSPS) is 18.2. The number of hydrogen-bond acceptors (Lipinski definition) is 3. The smallest absolute Gasteiger partial charge is 0.0781 e. The van der Waals surface area contributed by atoms with Crippen LogP contribution < -0.4 is 5.32 Å². The lowest BCUT2D eigenvalue weighted by Crippen LogP contribution is -2.38. The minimum absolute atomic E-state index is 0.163. The van der Waals surface area contributed by atoms with Crippen LogP contribution in [0.1, 0.15) is 18.5 Å². The molecule has 1 aliphatic heterocycles. The monoisotopic (exact) mass is 352 g/mol.